The van der Waals surface area contributed by atoms with Gasteiger partial charge in [-0.15, -0.1) is 0 Å². The number of phenols is 2. The molecule has 5 aromatic rings. The topological polar surface area (TPSA) is 421 Å². The molecule has 0 aromatic heterocycles. The Bertz CT molecular complexity index is 3370. The zero-order valence-corrected chi connectivity index (χ0v) is 52.7. The largest absolute Gasteiger partial charge is 0.508 e. The van der Waals surface area contributed by atoms with Gasteiger partial charge in [0.15, 0.2) is 0 Å². The highest BCUT2D eigenvalue weighted by atomic mass is 35.5. The van der Waals surface area contributed by atoms with E-state index in [0.29, 0.717) is 46.7 Å². The van der Waals surface area contributed by atoms with Crippen LogP contribution in [0.15, 0.2) is 127 Å². The van der Waals surface area contributed by atoms with E-state index in [2.05, 4.69) is 53.2 Å². The number of nitrogens with two attached hydrogens (primary N) is 2. The highest BCUT2D eigenvalue weighted by Gasteiger charge is 2.37. The Morgan fingerprint density at radius 2 is 1.12 bits per heavy atom. The van der Waals surface area contributed by atoms with Crippen LogP contribution in [-0.4, -0.2) is 166 Å². The number of primary amides is 2. The van der Waals surface area contributed by atoms with E-state index in [4.69, 9.17) is 23.1 Å². The predicted octanol–water partition coefficient (Wildman–Crippen LogP) is 0.0799. The summed E-state index contributed by atoms with van der Waals surface area (Å²) >= 11 is 6.20. The molecule has 0 spiro atoms. The number of phenolic OH excluding ortho intramolecular Hbond substituents is 2. The van der Waals surface area contributed by atoms with Gasteiger partial charge in [0, 0.05) is 53.3 Å². The third-order valence-corrected chi connectivity index (χ3v) is 17.2. The lowest BCUT2D eigenvalue weighted by molar-refractivity contribution is -0.136. The quantitative estimate of drug-likeness (QED) is 0.0287. The van der Waals surface area contributed by atoms with Crippen LogP contribution in [0.3, 0.4) is 0 Å². The fraction of sp³-hybridized carbons (Fsp3) is 0.349. The van der Waals surface area contributed by atoms with E-state index in [9.17, 15) is 58.5 Å². The summed E-state index contributed by atoms with van der Waals surface area (Å²) in [6.07, 6.45) is -1.80. The Morgan fingerprint density at radius 1 is 0.598 bits per heavy atom. The number of aliphatic hydroxyl groups is 1. The van der Waals surface area contributed by atoms with Crippen LogP contribution in [0.1, 0.15) is 69.2 Å². The summed E-state index contributed by atoms with van der Waals surface area (Å²) in [6.45, 7) is 1.12. The van der Waals surface area contributed by atoms with Gasteiger partial charge in [0.1, 0.15) is 59.8 Å². The first-order valence-electron chi connectivity index (χ1n) is 29.3. The number of halogens is 1. The lowest BCUT2D eigenvalue weighted by atomic mass is 10.00. The van der Waals surface area contributed by atoms with Crippen molar-refractivity contribution in [2.24, 2.45) is 11.5 Å². The van der Waals surface area contributed by atoms with Gasteiger partial charge < -0.3 is 80.0 Å². The maximum absolute atomic E-state index is 15.1. The van der Waals surface area contributed by atoms with Crippen molar-refractivity contribution in [2.45, 2.75) is 106 Å². The molecule has 29 heteroatoms. The average Bonchev–Trinajstić information content (AvgIpc) is 1.11. The number of unbranched alkanes of at least 4 members (excludes halogenated alkanes) is 1. The summed E-state index contributed by atoms with van der Waals surface area (Å²) in [6, 6.07) is 19.0. The molecule has 1 fully saturated rings. The summed E-state index contributed by atoms with van der Waals surface area (Å²) in [5.41, 5.74) is 13.5. The second kappa shape index (κ2) is 36.0. The first kappa shape index (κ1) is 71.9. The molecule has 1 heterocycles. The number of aliphatic hydroxyl groups excluding tert-OH is 1. The van der Waals surface area contributed by atoms with Gasteiger partial charge in [-0.2, -0.15) is 0 Å². The molecule has 6 rings (SSSR count). The molecule has 0 saturated carbocycles. The number of carbonyl (C=O) groups excluding carboxylic acids is 11. The van der Waals surface area contributed by atoms with Gasteiger partial charge in [-0.1, -0.05) is 99.9 Å². The standard InChI is InChI=1S/C63H75ClN12O14S2/c1-35(77)53-63(90)75-51(61(88)71-46(55(66)82)28-38-15-23-43(78)24-16-38)34-92-91-33-50(74-58(85)47(29-37-13-21-42(64)22-14-37)69-52(80)32-68-56(83)41-8-4-3-5-9-41)62(89)73-49(31-39-17-25-44(79)26-18-39)60(87)72-48(30-36-11-19-40(20-12-36)54(65)81)59(86)70-45(57(84)76-53)10-6-7-27-67-2/h3-5,8-9,11-26,35,45-51,53,67,77-79H,6-7,10,27-34H2,1-2H3,(H2,65,81)(H2,66,82)(H,68,83)(H,69,80)(H,70,86)(H,71,88)(H,72,87)(H,73,89)(H,74,85)(H,75,90)(H,76,84)/t35-,45+,46-,47+,48-,49+,50-,51+,53+/m1/s1. The van der Waals surface area contributed by atoms with Crippen LogP contribution in [-0.2, 0) is 68.8 Å². The molecule has 5 aromatic carbocycles. The number of nitrogens with one attached hydrogen (secondary N) is 10. The third-order valence-electron chi connectivity index (χ3n) is 14.5. The van der Waals surface area contributed by atoms with Crippen molar-refractivity contribution in [1.82, 2.24) is 53.2 Å². The van der Waals surface area contributed by atoms with E-state index < -0.39 is 126 Å². The number of hydrogen-bond acceptors (Lipinski definition) is 17. The van der Waals surface area contributed by atoms with Crippen LogP contribution >= 0.6 is 33.2 Å². The van der Waals surface area contributed by atoms with Gasteiger partial charge in [-0.3, -0.25) is 52.7 Å². The number of amides is 11. The predicted molar refractivity (Wildman–Crippen MR) is 345 cm³/mol. The Hall–Kier alpha value is -9.22. The van der Waals surface area contributed by atoms with Gasteiger partial charge in [0.2, 0.25) is 59.1 Å². The molecule has 17 N–H and O–H groups in total. The molecule has 0 unspecified atom stereocenters. The fourth-order valence-electron chi connectivity index (χ4n) is 9.38. The SMILES string of the molecule is CNCCCC[C@@H]1NC(=O)[C@@H](Cc2ccc(C(N)=O)cc2)NC(=O)[C@H](Cc2ccc(O)cc2)NC(=O)[C@H](NC(=O)[C@H](Cc2ccc(Cl)cc2)NC(=O)CNC(=O)c2ccccc2)CSSC[C@@H](C(=O)N[C@H](Cc2ccc(O)cc2)C(N)=O)NC(=O)[C@H]([C@@H](C)O)NC1=O. The minimum atomic E-state index is -1.80. The second-order valence-electron chi connectivity index (χ2n) is 21.7. The van der Waals surface area contributed by atoms with Crippen molar-refractivity contribution in [1.29, 1.82) is 0 Å². The molecule has 1 saturated heterocycles. The summed E-state index contributed by atoms with van der Waals surface area (Å²) in [7, 11) is 3.50. The zero-order valence-electron chi connectivity index (χ0n) is 50.3. The van der Waals surface area contributed by atoms with Crippen LogP contribution in [0.4, 0.5) is 0 Å². The minimum absolute atomic E-state index is 0.0441. The summed E-state index contributed by atoms with van der Waals surface area (Å²) in [4.78, 5) is 155. The summed E-state index contributed by atoms with van der Waals surface area (Å²) < 4.78 is 0. The molecule has 92 heavy (non-hydrogen) atoms. The summed E-state index contributed by atoms with van der Waals surface area (Å²) in [5, 5.41) is 58.2. The van der Waals surface area contributed by atoms with E-state index in [-0.39, 0.29) is 66.2 Å². The molecular formula is C63H75ClN12O14S2. The Balaban J connectivity index is 1.42. The first-order valence-corrected chi connectivity index (χ1v) is 32.1. The van der Waals surface area contributed by atoms with Crippen molar-refractivity contribution in [3.05, 3.63) is 166 Å². The molecule has 9 atom stereocenters. The van der Waals surface area contributed by atoms with Crippen molar-refractivity contribution in [3.8, 4) is 11.5 Å². The number of benzene rings is 5. The Labute approximate surface area is 543 Å². The first-order chi connectivity index (χ1) is 44.0. The maximum Gasteiger partial charge on any atom is 0.251 e. The third kappa shape index (κ3) is 23.2. The molecular weight excluding hydrogens is 1250 g/mol. The van der Waals surface area contributed by atoms with Crippen molar-refractivity contribution in [3.63, 3.8) is 0 Å². The molecule has 490 valence electrons. The van der Waals surface area contributed by atoms with Gasteiger partial charge in [0.05, 0.1) is 12.6 Å². The molecule has 11 amide bonds. The van der Waals surface area contributed by atoms with Crippen molar-refractivity contribution >= 4 is 98.2 Å². The van der Waals surface area contributed by atoms with Crippen LogP contribution in [0.5, 0.6) is 11.5 Å². The molecule has 0 aliphatic carbocycles. The van der Waals surface area contributed by atoms with Crippen LogP contribution in [0.2, 0.25) is 5.02 Å². The number of hydrogen-bond donors (Lipinski definition) is 15. The van der Waals surface area contributed by atoms with Crippen LogP contribution in [0.25, 0.3) is 0 Å². The maximum atomic E-state index is 15.1. The lowest BCUT2D eigenvalue weighted by Crippen LogP contribution is -2.62. The van der Waals surface area contributed by atoms with E-state index in [1.807, 2.05) is 0 Å². The molecule has 0 radical (unpaired) electrons. The van der Waals surface area contributed by atoms with E-state index in [1.165, 1.54) is 91.9 Å². The second-order valence-corrected chi connectivity index (χ2v) is 24.7. The molecule has 0 bridgehead atoms. The highest BCUT2D eigenvalue weighted by molar-refractivity contribution is 8.76. The molecule has 26 nitrogen and oxygen atoms in total. The van der Waals surface area contributed by atoms with Gasteiger partial charge in [0.25, 0.3) is 5.91 Å². The van der Waals surface area contributed by atoms with Crippen LogP contribution in [0, 0.1) is 0 Å². The van der Waals surface area contributed by atoms with E-state index >= 15 is 9.59 Å². The van der Waals surface area contributed by atoms with Crippen LogP contribution < -0.4 is 64.6 Å². The molecule has 1 aliphatic rings. The fourth-order valence-corrected chi connectivity index (χ4v) is 11.8. The highest BCUT2D eigenvalue weighted by Crippen LogP contribution is 2.25. The van der Waals surface area contributed by atoms with E-state index in [1.54, 1.807) is 49.5 Å². The number of rotatable bonds is 24. The molecule has 1 aliphatic heterocycles. The van der Waals surface area contributed by atoms with Gasteiger partial charge in [-0.25, -0.2) is 0 Å². The zero-order chi connectivity index (χ0) is 66.9. The van der Waals surface area contributed by atoms with E-state index in [0.717, 1.165) is 21.6 Å². The lowest BCUT2D eigenvalue weighted by Gasteiger charge is -2.29. The Morgan fingerprint density at radius 3 is 1.68 bits per heavy atom. The van der Waals surface area contributed by atoms with Crippen molar-refractivity contribution < 1.29 is 68.1 Å². The Kier molecular flexibility index (Phi) is 28.1. The number of aromatic hydroxyl groups is 2. The minimum Gasteiger partial charge on any atom is -0.508 e. The van der Waals surface area contributed by atoms with Gasteiger partial charge in [-0.05, 0) is 123 Å². The van der Waals surface area contributed by atoms with Gasteiger partial charge >= 0.3 is 0 Å². The average molecular weight is 1320 g/mol. The monoisotopic (exact) mass is 1320 g/mol. The number of carbonyl (C=O) groups is 11. The smallest absolute Gasteiger partial charge is 0.251 e. The van der Waals surface area contributed by atoms with Crippen molar-refractivity contribution in [2.75, 3.05) is 31.6 Å². The summed E-state index contributed by atoms with van der Waals surface area (Å²) in [5.74, 6) is -10.9. The normalized spacial score (nSPS) is 19.5.